The number of carbonyl (C=O) groups excluding carboxylic acids is 1. The molecule has 3 aliphatic heterocycles. The van der Waals surface area contributed by atoms with Crippen LogP contribution in [0.3, 0.4) is 0 Å². The van der Waals surface area contributed by atoms with E-state index < -0.39 is 17.1 Å². The largest absolute Gasteiger partial charge is 0.493 e. The number of rotatable bonds is 8. The first-order chi connectivity index (χ1) is 18.2. The van der Waals surface area contributed by atoms with Crippen molar-refractivity contribution in [1.82, 2.24) is 4.90 Å². The number of carbonyl (C=O) groups is 1. The maximum absolute atomic E-state index is 13.5. The Labute approximate surface area is 219 Å². The van der Waals surface area contributed by atoms with Crippen molar-refractivity contribution in [2.75, 3.05) is 33.4 Å². The lowest BCUT2D eigenvalue weighted by Gasteiger charge is -2.64. The molecule has 0 radical (unpaired) electrons. The van der Waals surface area contributed by atoms with Crippen LogP contribution in [-0.2, 0) is 32.5 Å². The number of hydrogen-bond acceptors (Lipinski definition) is 6. The van der Waals surface area contributed by atoms with E-state index in [2.05, 4.69) is 41.3 Å². The van der Waals surface area contributed by atoms with E-state index >= 15 is 0 Å². The van der Waals surface area contributed by atoms with Crippen molar-refractivity contribution in [3.05, 3.63) is 59.2 Å². The molecule has 37 heavy (non-hydrogen) atoms. The number of likely N-dealkylation sites (tertiary alicyclic amines) is 1. The monoisotopic (exact) mass is 503 g/mol. The highest BCUT2D eigenvalue weighted by atomic mass is 16.5. The molecule has 2 aliphatic carbocycles. The smallest absolute Gasteiger partial charge is 0.174 e. The summed E-state index contributed by atoms with van der Waals surface area (Å²) in [7, 11) is 1.69. The number of methoxy groups -OCH3 is 1. The summed E-state index contributed by atoms with van der Waals surface area (Å²) in [5.74, 6) is 1.72. The molecule has 3 heterocycles. The van der Waals surface area contributed by atoms with Gasteiger partial charge in [0.1, 0.15) is 0 Å². The van der Waals surface area contributed by atoms with Gasteiger partial charge in [-0.1, -0.05) is 36.4 Å². The lowest BCUT2D eigenvalue weighted by Crippen LogP contribution is -2.77. The van der Waals surface area contributed by atoms with Crippen molar-refractivity contribution in [3.63, 3.8) is 0 Å². The molecule has 3 fully saturated rings. The molecule has 2 saturated heterocycles. The fraction of sp³-hybridized carbons (Fsp3) is 0.581. The first-order valence-electron chi connectivity index (χ1n) is 14.1. The van der Waals surface area contributed by atoms with E-state index in [0.29, 0.717) is 13.0 Å². The molecule has 2 bridgehead atoms. The number of aryl methyl sites for hydroxylation is 1. The van der Waals surface area contributed by atoms with Gasteiger partial charge in [-0.25, -0.2) is 0 Å². The molecule has 7 rings (SSSR count). The zero-order chi connectivity index (χ0) is 25.0. The van der Waals surface area contributed by atoms with E-state index in [9.17, 15) is 4.79 Å². The Morgan fingerprint density at radius 3 is 2.84 bits per heavy atom. The summed E-state index contributed by atoms with van der Waals surface area (Å²) >= 11 is 0. The normalized spacial score (nSPS) is 33.8. The summed E-state index contributed by atoms with van der Waals surface area (Å²) in [5, 5.41) is 0. The zero-order valence-corrected chi connectivity index (χ0v) is 21.7. The summed E-state index contributed by atoms with van der Waals surface area (Å²) < 4.78 is 25.6. The van der Waals surface area contributed by atoms with Crippen LogP contribution >= 0.6 is 0 Å². The zero-order valence-electron chi connectivity index (χ0n) is 21.7. The summed E-state index contributed by atoms with van der Waals surface area (Å²) in [5.41, 5.74) is 2.91. The minimum atomic E-state index is -0.492. The van der Waals surface area contributed by atoms with Gasteiger partial charge in [0.05, 0.1) is 24.2 Å². The highest BCUT2D eigenvalue weighted by Crippen LogP contribution is 2.66. The second-order valence-corrected chi connectivity index (χ2v) is 11.5. The molecule has 0 amide bonds. The lowest BCUT2D eigenvalue weighted by atomic mass is 9.48. The van der Waals surface area contributed by atoms with Gasteiger partial charge in [-0.15, -0.1) is 0 Å². The standard InChI is InChI=1S/C31H37NO5/c1-34-25-12-11-22-19-26-31(36-18-5-9-21-7-3-2-4-8-21)14-13-24(33)29-30(31,27(22)28(25)37-29)15-16-32(26)20-23-10-6-17-35-23/h2-4,7-8,11-12,23,26,29H,5-6,9-10,13-20H2,1H3/t23?,26-,29?,30+,31-/m1/s1. The van der Waals surface area contributed by atoms with Gasteiger partial charge in [-0.2, -0.15) is 0 Å². The summed E-state index contributed by atoms with van der Waals surface area (Å²) in [4.78, 5) is 16.1. The molecule has 1 saturated carbocycles. The Hall–Kier alpha value is -2.41. The van der Waals surface area contributed by atoms with E-state index in [4.69, 9.17) is 18.9 Å². The number of benzene rings is 2. The van der Waals surface area contributed by atoms with Crippen LogP contribution in [0.5, 0.6) is 11.5 Å². The van der Waals surface area contributed by atoms with Crippen molar-refractivity contribution in [2.45, 2.75) is 80.6 Å². The summed E-state index contributed by atoms with van der Waals surface area (Å²) in [6.07, 6.45) is 7.03. The molecular formula is C31H37NO5. The molecule has 2 unspecified atom stereocenters. The molecule has 5 aliphatic rings. The van der Waals surface area contributed by atoms with Gasteiger partial charge in [-0.3, -0.25) is 9.69 Å². The quantitative estimate of drug-likeness (QED) is 0.502. The highest BCUT2D eigenvalue weighted by Gasteiger charge is 2.74. The Balaban J connectivity index is 1.28. The van der Waals surface area contributed by atoms with Crippen molar-refractivity contribution in [1.29, 1.82) is 0 Å². The fourth-order valence-electron chi connectivity index (χ4n) is 8.27. The van der Waals surface area contributed by atoms with E-state index in [1.807, 2.05) is 6.07 Å². The Bertz CT molecular complexity index is 1180. The van der Waals surface area contributed by atoms with Gasteiger partial charge in [0.2, 0.25) is 0 Å². The van der Waals surface area contributed by atoms with Crippen LogP contribution in [-0.4, -0.2) is 67.9 Å². The third kappa shape index (κ3) is 3.45. The van der Waals surface area contributed by atoms with Crippen molar-refractivity contribution in [2.24, 2.45) is 0 Å². The summed E-state index contributed by atoms with van der Waals surface area (Å²) in [6.45, 7) is 3.41. The topological polar surface area (TPSA) is 57.2 Å². The Morgan fingerprint density at radius 2 is 2.03 bits per heavy atom. The van der Waals surface area contributed by atoms with Crippen LogP contribution in [0.1, 0.15) is 55.2 Å². The van der Waals surface area contributed by atoms with Crippen LogP contribution in [0.25, 0.3) is 0 Å². The fourth-order valence-corrected chi connectivity index (χ4v) is 8.27. The van der Waals surface area contributed by atoms with Crippen LogP contribution in [0.4, 0.5) is 0 Å². The highest BCUT2D eigenvalue weighted by molar-refractivity contribution is 5.90. The third-order valence-corrected chi connectivity index (χ3v) is 9.81. The molecule has 0 aromatic heterocycles. The minimum absolute atomic E-state index is 0.202. The van der Waals surface area contributed by atoms with Crippen LogP contribution < -0.4 is 9.47 Å². The van der Waals surface area contributed by atoms with Crippen molar-refractivity contribution < 1.29 is 23.7 Å². The van der Waals surface area contributed by atoms with Gasteiger partial charge in [0.15, 0.2) is 23.4 Å². The van der Waals surface area contributed by atoms with E-state index in [-0.39, 0.29) is 17.9 Å². The van der Waals surface area contributed by atoms with Crippen molar-refractivity contribution in [3.8, 4) is 11.5 Å². The maximum Gasteiger partial charge on any atom is 0.174 e. The number of ketones is 1. The number of Topliss-reactive ketones (excluding diaryl/α,β-unsaturated/α-hetero) is 1. The minimum Gasteiger partial charge on any atom is -0.493 e. The van der Waals surface area contributed by atoms with E-state index in [1.54, 1.807) is 7.11 Å². The average molecular weight is 504 g/mol. The van der Waals surface area contributed by atoms with Crippen LogP contribution in [0.2, 0.25) is 0 Å². The number of nitrogens with zero attached hydrogens (tertiary/aromatic N) is 1. The number of ether oxygens (including phenoxy) is 4. The molecular weight excluding hydrogens is 466 g/mol. The van der Waals surface area contributed by atoms with Gasteiger partial charge in [0, 0.05) is 37.8 Å². The number of hydrogen-bond donors (Lipinski definition) is 0. The molecule has 2 aromatic carbocycles. The van der Waals surface area contributed by atoms with E-state index in [1.165, 1.54) is 16.7 Å². The number of piperidine rings is 1. The Morgan fingerprint density at radius 1 is 1.14 bits per heavy atom. The van der Waals surface area contributed by atoms with Crippen LogP contribution in [0, 0.1) is 0 Å². The van der Waals surface area contributed by atoms with Gasteiger partial charge < -0.3 is 18.9 Å². The van der Waals surface area contributed by atoms with Gasteiger partial charge in [0.25, 0.3) is 0 Å². The predicted octanol–water partition coefficient (Wildman–Crippen LogP) is 4.25. The third-order valence-electron chi connectivity index (χ3n) is 9.81. The molecule has 6 nitrogen and oxygen atoms in total. The molecule has 0 N–H and O–H groups in total. The average Bonchev–Trinajstić information content (AvgIpc) is 3.56. The first kappa shape index (κ1) is 23.7. The summed E-state index contributed by atoms with van der Waals surface area (Å²) in [6, 6.07) is 15.0. The van der Waals surface area contributed by atoms with Gasteiger partial charge in [-0.05, 0) is 68.7 Å². The van der Waals surface area contributed by atoms with Crippen molar-refractivity contribution >= 4 is 5.78 Å². The lowest BCUT2D eigenvalue weighted by molar-refractivity contribution is -0.215. The molecule has 6 heteroatoms. The SMILES string of the molecule is COc1ccc2c3c1OC1C(=O)CC[C@@]4(OCCCc5ccccc5)[C@@H](C2)N(CC2CCCO2)CC[C@]314. The predicted molar refractivity (Wildman–Crippen MR) is 139 cm³/mol. The van der Waals surface area contributed by atoms with Gasteiger partial charge >= 0.3 is 0 Å². The second-order valence-electron chi connectivity index (χ2n) is 11.5. The second kappa shape index (κ2) is 9.11. The molecule has 1 spiro atoms. The molecule has 196 valence electrons. The van der Waals surface area contributed by atoms with Crippen LogP contribution in [0.15, 0.2) is 42.5 Å². The van der Waals surface area contributed by atoms with E-state index in [0.717, 1.165) is 76.1 Å². The first-order valence-corrected chi connectivity index (χ1v) is 14.1. The Kier molecular flexibility index (Phi) is 5.83. The molecule has 2 aromatic rings. The maximum atomic E-state index is 13.5. The molecule has 5 atom stereocenters.